The maximum Gasteiger partial charge on any atom is 0.241 e. The van der Waals surface area contributed by atoms with Crippen LogP contribution in [0.5, 0.6) is 0 Å². The third-order valence-corrected chi connectivity index (χ3v) is 5.44. The lowest BCUT2D eigenvalue weighted by Crippen LogP contribution is -2.32. The molecule has 2 N–H and O–H groups in total. The molecule has 2 aromatic carbocycles. The summed E-state index contributed by atoms with van der Waals surface area (Å²) in [4.78, 5) is 8.02. The highest BCUT2D eigenvalue weighted by Crippen LogP contribution is 2.24. The molecule has 0 fully saturated rings. The van der Waals surface area contributed by atoms with Crippen molar-refractivity contribution in [2.45, 2.75) is 31.7 Å². The number of sulfonamides is 1. The van der Waals surface area contributed by atoms with Crippen molar-refractivity contribution in [2.75, 3.05) is 0 Å². The van der Waals surface area contributed by atoms with Gasteiger partial charge in [0.2, 0.25) is 10.0 Å². The molecule has 5 nitrogen and oxygen atoms in total. The predicted molar refractivity (Wildman–Crippen MR) is 95.2 cm³/mol. The molecule has 0 bridgehead atoms. The SMILES string of the molecule is Cc1ccc(S(=O)(=O)NC(c2nc3ccccc3[nH]2)C(C)C)cc1. The summed E-state index contributed by atoms with van der Waals surface area (Å²) in [5.41, 5.74) is 2.74. The average Bonchev–Trinajstić information content (AvgIpc) is 2.96. The van der Waals surface area contributed by atoms with E-state index in [4.69, 9.17) is 0 Å². The van der Waals surface area contributed by atoms with Crippen LogP contribution in [0.4, 0.5) is 0 Å². The largest absolute Gasteiger partial charge is 0.341 e. The second-order valence-corrected chi connectivity index (χ2v) is 8.01. The van der Waals surface area contributed by atoms with E-state index >= 15 is 0 Å². The number of para-hydroxylation sites is 2. The van der Waals surface area contributed by atoms with Gasteiger partial charge in [0.25, 0.3) is 0 Å². The highest BCUT2D eigenvalue weighted by molar-refractivity contribution is 7.89. The van der Waals surface area contributed by atoms with Crippen LogP contribution >= 0.6 is 0 Å². The third kappa shape index (κ3) is 3.34. The van der Waals surface area contributed by atoms with E-state index in [0.717, 1.165) is 16.6 Å². The number of hydrogen-bond acceptors (Lipinski definition) is 3. The van der Waals surface area contributed by atoms with Crippen LogP contribution in [-0.2, 0) is 10.0 Å². The number of rotatable bonds is 5. The van der Waals surface area contributed by atoms with Gasteiger partial charge in [-0.05, 0) is 37.1 Å². The first-order valence-electron chi connectivity index (χ1n) is 7.90. The molecule has 1 heterocycles. The van der Waals surface area contributed by atoms with Gasteiger partial charge in [-0.1, -0.05) is 43.7 Å². The summed E-state index contributed by atoms with van der Waals surface area (Å²) in [5, 5.41) is 0. The van der Waals surface area contributed by atoms with E-state index < -0.39 is 16.1 Å². The quantitative estimate of drug-likeness (QED) is 0.744. The molecule has 0 spiro atoms. The van der Waals surface area contributed by atoms with Gasteiger partial charge in [-0.3, -0.25) is 0 Å². The fraction of sp³-hybridized carbons (Fsp3) is 0.278. The number of aryl methyl sites for hydroxylation is 1. The Hall–Kier alpha value is -2.18. The van der Waals surface area contributed by atoms with Crippen molar-refractivity contribution in [3.63, 3.8) is 0 Å². The molecule has 6 heteroatoms. The molecule has 24 heavy (non-hydrogen) atoms. The average molecular weight is 343 g/mol. The summed E-state index contributed by atoms with van der Waals surface area (Å²) in [6, 6.07) is 14.1. The van der Waals surface area contributed by atoms with Gasteiger partial charge in [-0.2, -0.15) is 0 Å². The van der Waals surface area contributed by atoms with Gasteiger partial charge in [0.15, 0.2) is 0 Å². The molecule has 3 aromatic rings. The minimum Gasteiger partial charge on any atom is -0.341 e. The maximum absolute atomic E-state index is 12.7. The maximum atomic E-state index is 12.7. The summed E-state index contributed by atoms with van der Waals surface area (Å²) in [6.45, 7) is 5.86. The van der Waals surface area contributed by atoms with E-state index in [9.17, 15) is 8.42 Å². The molecular formula is C18H21N3O2S. The minimum atomic E-state index is -3.62. The second kappa shape index (κ2) is 6.37. The van der Waals surface area contributed by atoms with Crippen molar-refractivity contribution in [1.29, 1.82) is 0 Å². The van der Waals surface area contributed by atoms with Crippen LogP contribution in [0.25, 0.3) is 11.0 Å². The number of hydrogen-bond donors (Lipinski definition) is 2. The topological polar surface area (TPSA) is 74.8 Å². The van der Waals surface area contributed by atoms with Crippen LogP contribution in [-0.4, -0.2) is 18.4 Å². The van der Waals surface area contributed by atoms with Crippen LogP contribution in [0.1, 0.15) is 31.3 Å². The third-order valence-electron chi connectivity index (χ3n) is 3.98. The molecule has 126 valence electrons. The van der Waals surface area contributed by atoms with Gasteiger partial charge in [0, 0.05) is 0 Å². The second-order valence-electron chi connectivity index (χ2n) is 6.30. The Balaban J connectivity index is 1.95. The Morgan fingerprint density at radius 2 is 1.71 bits per heavy atom. The van der Waals surface area contributed by atoms with Crippen molar-refractivity contribution in [1.82, 2.24) is 14.7 Å². The van der Waals surface area contributed by atoms with Gasteiger partial charge in [-0.25, -0.2) is 18.1 Å². The van der Waals surface area contributed by atoms with Crippen molar-refractivity contribution in [2.24, 2.45) is 5.92 Å². The zero-order chi connectivity index (χ0) is 17.3. The number of nitrogens with zero attached hydrogens (tertiary/aromatic N) is 1. The predicted octanol–water partition coefficient (Wildman–Crippen LogP) is 3.55. The minimum absolute atomic E-state index is 0.0470. The van der Waals surface area contributed by atoms with E-state index in [-0.39, 0.29) is 10.8 Å². The molecule has 0 radical (unpaired) electrons. The summed E-state index contributed by atoms with van der Waals surface area (Å²) in [5.74, 6) is 0.674. The van der Waals surface area contributed by atoms with E-state index in [0.29, 0.717) is 5.82 Å². The molecule has 0 saturated carbocycles. The van der Waals surface area contributed by atoms with Crippen molar-refractivity contribution in [3.05, 3.63) is 59.9 Å². The molecule has 0 amide bonds. The first-order chi connectivity index (χ1) is 11.4. The number of imidazole rings is 1. The highest BCUT2D eigenvalue weighted by Gasteiger charge is 2.26. The first-order valence-corrected chi connectivity index (χ1v) is 9.39. The Kier molecular flexibility index (Phi) is 4.43. The molecule has 0 aliphatic rings. The lowest BCUT2D eigenvalue weighted by Gasteiger charge is -2.20. The van der Waals surface area contributed by atoms with Gasteiger partial charge >= 0.3 is 0 Å². The number of aromatic amines is 1. The molecular weight excluding hydrogens is 322 g/mol. The molecule has 0 aliphatic heterocycles. The standard InChI is InChI=1S/C18H21N3O2S/c1-12(2)17(18-19-15-6-4-5-7-16(15)20-18)21-24(22,23)14-10-8-13(3)9-11-14/h4-12,17,21H,1-3H3,(H,19,20). The molecule has 3 rings (SSSR count). The summed E-state index contributed by atoms with van der Waals surface area (Å²) in [7, 11) is -3.62. The normalized spacial score (nSPS) is 13.5. The molecule has 0 saturated heterocycles. The molecule has 1 atom stereocenters. The number of nitrogens with one attached hydrogen (secondary N) is 2. The zero-order valence-corrected chi connectivity index (χ0v) is 14.8. The van der Waals surface area contributed by atoms with E-state index in [1.165, 1.54) is 0 Å². The van der Waals surface area contributed by atoms with Crippen LogP contribution in [0.2, 0.25) is 0 Å². The van der Waals surface area contributed by atoms with Crippen LogP contribution in [0, 0.1) is 12.8 Å². The van der Waals surface area contributed by atoms with Gasteiger partial charge < -0.3 is 4.98 Å². The van der Waals surface area contributed by atoms with Gasteiger partial charge in [0.1, 0.15) is 5.82 Å². The molecule has 1 unspecified atom stereocenters. The van der Waals surface area contributed by atoms with Crippen LogP contribution < -0.4 is 4.72 Å². The zero-order valence-electron chi connectivity index (χ0n) is 13.9. The van der Waals surface area contributed by atoms with Crippen molar-refractivity contribution < 1.29 is 8.42 Å². The fourth-order valence-corrected chi connectivity index (χ4v) is 3.93. The number of aromatic nitrogens is 2. The van der Waals surface area contributed by atoms with Crippen molar-refractivity contribution in [3.8, 4) is 0 Å². The monoisotopic (exact) mass is 343 g/mol. The Labute approximate surface area is 142 Å². The smallest absolute Gasteiger partial charge is 0.241 e. The summed E-state index contributed by atoms with van der Waals surface area (Å²) < 4.78 is 28.2. The molecule has 1 aromatic heterocycles. The number of benzene rings is 2. The Morgan fingerprint density at radius 1 is 1.04 bits per heavy atom. The Morgan fingerprint density at radius 3 is 2.33 bits per heavy atom. The van der Waals surface area contributed by atoms with E-state index in [2.05, 4.69) is 14.7 Å². The Bertz CT molecular complexity index is 911. The number of fused-ring (bicyclic) bond motifs is 1. The van der Waals surface area contributed by atoms with E-state index in [1.807, 2.05) is 45.0 Å². The molecule has 0 aliphatic carbocycles. The van der Waals surface area contributed by atoms with Crippen LogP contribution in [0.15, 0.2) is 53.4 Å². The number of H-pyrrole nitrogens is 1. The van der Waals surface area contributed by atoms with Gasteiger partial charge in [0.05, 0.1) is 22.0 Å². The van der Waals surface area contributed by atoms with Crippen LogP contribution in [0.3, 0.4) is 0 Å². The highest BCUT2D eigenvalue weighted by atomic mass is 32.2. The van der Waals surface area contributed by atoms with Crippen molar-refractivity contribution >= 4 is 21.1 Å². The van der Waals surface area contributed by atoms with Gasteiger partial charge in [-0.15, -0.1) is 0 Å². The van der Waals surface area contributed by atoms with E-state index in [1.54, 1.807) is 24.3 Å². The lowest BCUT2D eigenvalue weighted by molar-refractivity contribution is 0.447. The first kappa shape index (κ1) is 16.7. The fourth-order valence-electron chi connectivity index (χ4n) is 2.58. The lowest BCUT2D eigenvalue weighted by atomic mass is 10.1. The summed E-state index contributed by atoms with van der Waals surface area (Å²) in [6.07, 6.45) is 0. The summed E-state index contributed by atoms with van der Waals surface area (Å²) >= 11 is 0.